The zero-order valence-corrected chi connectivity index (χ0v) is 10.2. The zero-order chi connectivity index (χ0) is 11.8. The summed E-state index contributed by atoms with van der Waals surface area (Å²) in [5, 5.41) is 6.79. The number of amides is 1. The van der Waals surface area contributed by atoms with Crippen LogP contribution >= 0.6 is 12.2 Å². The van der Waals surface area contributed by atoms with E-state index in [1.165, 1.54) is 0 Å². The fourth-order valence-electron chi connectivity index (χ4n) is 1.35. The van der Waals surface area contributed by atoms with Crippen LogP contribution in [0.1, 0.15) is 39.4 Å². The van der Waals surface area contributed by atoms with Gasteiger partial charge in [-0.05, 0) is 26.1 Å². The predicted molar refractivity (Wildman–Crippen MR) is 60.0 cm³/mol. The van der Waals surface area contributed by atoms with Crippen LogP contribution in [-0.2, 0) is 10.3 Å². The number of primary amides is 1. The third-order valence-corrected chi connectivity index (χ3v) is 2.65. The number of H-pyrrole nitrogens is 1. The Kier molecular flexibility index (Phi) is 2.99. The van der Waals surface area contributed by atoms with Crippen LogP contribution in [0.15, 0.2) is 0 Å². The van der Waals surface area contributed by atoms with Gasteiger partial charge in [0, 0.05) is 5.92 Å². The van der Waals surface area contributed by atoms with Crippen LogP contribution in [0, 0.1) is 4.77 Å². The fraction of sp³-hybridized carbons (Fsp3) is 0.667. The molecule has 0 saturated carbocycles. The first-order chi connectivity index (χ1) is 6.78. The van der Waals surface area contributed by atoms with E-state index in [1.807, 2.05) is 13.8 Å². The number of aromatic nitrogens is 3. The maximum atomic E-state index is 11.4. The van der Waals surface area contributed by atoms with Gasteiger partial charge >= 0.3 is 0 Å². The molecular formula is C9H16N4OS. The molecular weight excluding hydrogens is 212 g/mol. The number of carbonyl (C=O) groups is 1. The second-order valence-corrected chi connectivity index (χ2v) is 4.69. The summed E-state index contributed by atoms with van der Waals surface area (Å²) in [6.45, 7) is 7.43. The van der Waals surface area contributed by atoms with Crippen molar-refractivity contribution in [3.05, 3.63) is 10.6 Å². The average Bonchev–Trinajstić information content (AvgIpc) is 2.47. The lowest BCUT2D eigenvalue weighted by molar-refractivity contribution is -0.125. The normalized spacial score (nSPS) is 12.1. The van der Waals surface area contributed by atoms with Crippen LogP contribution in [0.3, 0.4) is 0 Å². The Balaban J connectivity index is 3.42. The van der Waals surface area contributed by atoms with Crippen molar-refractivity contribution >= 4 is 18.1 Å². The summed E-state index contributed by atoms with van der Waals surface area (Å²) in [4.78, 5) is 11.4. The minimum Gasteiger partial charge on any atom is -0.368 e. The molecule has 84 valence electrons. The Morgan fingerprint density at radius 1 is 1.60 bits per heavy atom. The molecule has 0 radical (unpaired) electrons. The van der Waals surface area contributed by atoms with E-state index in [0.717, 1.165) is 5.82 Å². The summed E-state index contributed by atoms with van der Waals surface area (Å²) in [5.74, 6) is 0.488. The predicted octanol–water partition coefficient (Wildman–Crippen LogP) is 1.28. The molecule has 5 nitrogen and oxygen atoms in total. The molecule has 0 fully saturated rings. The van der Waals surface area contributed by atoms with E-state index in [4.69, 9.17) is 18.0 Å². The van der Waals surface area contributed by atoms with Crippen LogP contribution < -0.4 is 5.73 Å². The van der Waals surface area contributed by atoms with Crippen molar-refractivity contribution in [2.24, 2.45) is 5.73 Å². The van der Waals surface area contributed by atoms with Crippen molar-refractivity contribution < 1.29 is 4.79 Å². The number of nitrogens with two attached hydrogens (primary N) is 1. The van der Waals surface area contributed by atoms with Gasteiger partial charge in [-0.2, -0.15) is 5.10 Å². The number of nitrogens with zero attached hydrogens (tertiary/aromatic N) is 2. The molecule has 1 amide bonds. The molecule has 1 rings (SSSR count). The van der Waals surface area contributed by atoms with Crippen molar-refractivity contribution in [3.8, 4) is 0 Å². The van der Waals surface area contributed by atoms with Gasteiger partial charge in [0.1, 0.15) is 11.4 Å². The molecule has 0 spiro atoms. The van der Waals surface area contributed by atoms with Crippen molar-refractivity contribution in [1.82, 2.24) is 14.8 Å². The highest BCUT2D eigenvalue weighted by Gasteiger charge is 2.31. The van der Waals surface area contributed by atoms with Gasteiger partial charge in [0.25, 0.3) is 0 Å². The van der Waals surface area contributed by atoms with Crippen LogP contribution in [-0.4, -0.2) is 20.7 Å². The van der Waals surface area contributed by atoms with Crippen molar-refractivity contribution in [2.75, 3.05) is 0 Å². The maximum Gasteiger partial charge on any atom is 0.243 e. The quantitative estimate of drug-likeness (QED) is 0.765. The van der Waals surface area contributed by atoms with E-state index < -0.39 is 11.4 Å². The first-order valence-electron chi connectivity index (χ1n) is 4.76. The highest BCUT2D eigenvalue weighted by atomic mass is 32.1. The molecule has 0 aliphatic heterocycles. The molecule has 0 bridgehead atoms. The van der Waals surface area contributed by atoms with E-state index in [-0.39, 0.29) is 5.92 Å². The lowest BCUT2D eigenvalue weighted by Crippen LogP contribution is -2.42. The highest BCUT2D eigenvalue weighted by molar-refractivity contribution is 7.71. The van der Waals surface area contributed by atoms with Gasteiger partial charge < -0.3 is 5.73 Å². The third-order valence-electron chi connectivity index (χ3n) is 2.38. The first kappa shape index (κ1) is 11.9. The van der Waals surface area contributed by atoms with Crippen molar-refractivity contribution in [3.63, 3.8) is 0 Å². The van der Waals surface area contributed by atoms with E-state index >= 15 is 0 Å². The summed E-state index contributed by atoms with van der Waals surface area (Å²) >= 11 is 5.10. The summed E-state index contributed by atoms with van der Waals surface area (Å²) in [5.41, 5.74) is 4.49. The number of aromatic amines is 1. The molecule has 6 heteroatoms. The molecule has 15 heavy (non-hydrogen) atoms. The summed E-state index contributed by atoms with van der Waals surface area (Å²) in [6, 6.07) is 0. The highest BCUT2D eigenvalue weighted by Crippen LogP contribution is 2.21. The Morgan fingerprint density at radius 2 is 2.13 bits per heavy atom. The first-order valence-corrected chi connectivity index (χ1v) is 5.17. The Labute approximate surface area is 93.7 Å². The molecule has 0 aliphatic carbocycles. The molecule has 1 aromatic rings. The number of carbonyl (C=O) groups excluding carboxylic acids is 1. The smallest absolute Gasteiger partial charge is 0.243 e. The minimum atomic E-state index is -0.857. The van der Waals surface area contributed by atoms with Gasteiger partial charge in [-0.15, -0.1) is 0 Å². The van der Waals surface area contributed by atoms with Crippen LogP contribution in [0.25, 0.3) is 0 Å². The number of hydrogen-bond acceptors (Lipinski definition) is 3. The van der Waals surface area contributed by atoms with Crippen LogP contribution in [0.5, 0.6) is 0 Å². The number of nitrogens with one attached hydrogen (secondary N) is 1. The largest absolute Gasteiger partial charge is 0.368 e. The van der Waals surface area contributed by atoms with E-state index in [0.29, 0.717) is 4.77 Å². The van der Waals surface area contributed by atoms with Crippen molar-refractivity contribution in [1.29, 1.82) is 0 Å². The monoisotopic (exact) mass is 228 g/mol. The van der Waals surface area contributed by atoms with Crippen molar-refractivity contribution in [2.45, 2.75) is 39.2 Å². The number of rotatable bonds is 3. The second-order valence-electron chi connectivity index (χ2n) is 4.30. The topological polar surface area (TPSA) is 76.7 Å². The third kappa shape index (κ3) is 1.94. The maximum absolute atomic E-state index is 11.4. The standard InChI is InChI=1S/C9H16N4OS/c1-5(2)6-11-12-8(15)13(6)9(3,4)7(10)14/h5H,1-4H3,(H2,10,14)(H,12,15). The second kappa shape index (κ2) is 3.77. The average molecular weight is 228 g/mol. The molecule has 1 aromatic heterocycles. The molecule has 0 saturated heterocycles. The Morgan fingerprint density at radius 3 is 2.53 bits per heavy atom. The molecule has 0 unspecified atom stereocenters. The minimum absolute atomic E-state index is 0.177. The lowest BCUT2D eigenvalue weighted by atomic mass is 10.0. The molecule has 0 aliphatic rings. The summed E-state index contributed by atoms with van der Waals surface area (Å²) in [6.07, 6.45) is 0. The zero-order valence-electron chi connectivity index (χ0n) is 9.37. The molecule has 1 heterocycles. The Hall–Kier alpha value is -1.17. The van der Waals surface area contributed by atoms with Gasteiger partial charge in [-0.25, -0.2) is 0 Å². The van der Waals surface area contributed by atoms with E-state index in [2.05, 4.69) is 10.2 Å². The molecule has 0 aromatic carbocycles. The fourth-order valence-corrected chi connectivity index (χ4v) is 1.71. The van der Waals surface area contributed by atoms with Gasteiger partial charge in [-0.3, -0.25) is 14.5 Å². The van der Waals surface area contributed by atoms with E-state index in [9.17, 15) is 4.79 Å². The molecule has 3 N–H and O–H groups in total. The van der Waals surface area contributed by atoms with Gasteiger partial charge in [0.05, 0.1) is 0 Å². The lowest BCUT2D eigenvalue weighted by Gasteiger charge is -2.24. The summed E-state index contributed by atoms with van der Waals surface area (Å²) < 4.78 is 2.09. The van der Waals surface area contributed by atoms with Gasteiger partial charge in [-0.1, -0.05) is 13.8 Å². The SMILES string of the molecule is CC(C)c1n[nH]c(=S)n1C(C)(C)C(N)=O. The number of hydrogen-bond donors (Lipinski definition) is 2. The van der Waals surface area contributed by atoms with Gasteiger partial charge in [0.2, 0.25) is 5.91 Å². The van der Waals surface area contributed by atoms with Gasteiger partial charge in [0.15, 0.2) is 4.77 Å². The van der Waals surface area contributed by atoms with Crippen LogP contribution in [0.4, 0.5) is 0 Å². The van der Waals surface area contributed by atoms with Crippen LogP contribution in [0.2, 0.25) is 0 Å². The molecule has 0 atom stereocenters. The Bertz CT molecular complexity index is 430. The summed E-state index contributed by atoms with van der Waals surface area (Å²) in [7, 11) is 0. The van der Waals surface area contributed by atoms with E-state index in [1.54, 1.807) is 18.4 Å².